The molecule has 5 nitrogen and oxygen atoms in total. The van der Waals surface area contributed by atoms with Gasteiger partial charge in [0.15, 0.2) is 5.82 Å². The Morgan fingerprint density at radius 2 is 2.42 bits per heavy atom. The fraction of sp³-hybridized carbons (Fsp3) is 0.231. The van der Waals surface area contributed by atoms with Gasteiger partial charge in [-0.05, 0) is 13.0 Å². The molecule has 0 saturated carbocycles. The van der Waals surface area contributed by atoms with Crippen LogP contribution in [0.25, 0.3) is 0 Å². The Labute approximate surface area is 114 Å². The van der Waals surface area contributed by atoms with E-state index >= 15 is 0 Å². The van der Waals surface area contributed by atoms with Crippen LogP contribution in [0.2, 0.25) is 0 Å². The van der Waals surface area contributed by atoms with Gasteiger partial charge < -0.3 is 14.9 Å². The van der Waals surface area contributed by atoms with Crippen LogP contribution in [0.1, 0.15) is 27.4 Å². The second kappa shape index (κ2) is 6.18. The standard InChI is InChI=1S/C13H12N2O3S/c1-9-6-12(15-18-9)14-13(17)10-7-11(19-8-10)4-2-3-5-16/h6-8,16H,3,5H2,1H3,(H,14,15,17). The number of amides is 1. The average Bonchev–Trinajstić information content (AvgIpc) is 2.99. The van der Waals surface area contributed by atoms with E-state index in [0.717, 1.165) is 4.88 Å². The number of thiophene rings is 1. The number of nitrogens with one attached hydrogen (secondary N) is 1. The maximum Gasteiger partial charge on any atom is 0.257 e. The first-order valence-electron chi connectivity index (χ1n) is 5.62. The third-order valence-electron chi connectivity index (χ3n) is 2.18. The van der Waals surface area contributed by atoms with Crippen molar-refractivity contribution in [3.05, 3.63) is 33.7 Å². The molecule has 0 spiro atoms. The first kappa shape index (κ1) is 13.3. The molecule has 2 aromatic heterocycles. The van der Waals surface area contributed by atoms with E-state index in [1.165, 1.54) is 11.3 Å². The molecule has 19 heavy (non-hydrogen) atoms. The Kier molecular flexibility index (Phi) is 4.34. The van der Waals surface area contributed by atoms with Gasteiger partial charge in [0.05, 0.1) is 17.0 Å². The van der Waals surface area contributed by atoms with Gasteiger partial charge >= 0.3 is 0 Å². The number of aliphatic hydroxyl groups is 1. The van der Waals surface area contributed by atoms with Gasteiger partial charge in [-0.15, -0.1) is 11.3 Å². The predicted octanol–water partition coefficient (Wildman–Crippen LogP) is 2.03. The number of nitrogens with zero attached hydrogens (tertiary/aromatic N) is 1. The van der Waals surface area contributed by atoms with E-state index in [1.807, 2.05) is 0 Å². The van der Waals surface area contributed by atoms with Crippen LogP contribution in [0.5, 0.6) is 0 Å². The van der Waals surface area contributed by atoms with Gasteiger partial charge in [0.1, 0.15) is 5.76 Å². The van der Waals surface area contributed by atoms with Crippen LogP contribution in [0, 0.1) is 18.8 Å². The first-order chi connectivity index (χ1) is 9.19. The summed E-state index contributed by atoms with van der Waals surface area (Å²) >= 11 is 1.38. The van der Waals surface area contributed by atoms with Crippen LogP contribution < -0.4 is 5.32 Å². The number of hydrogen-bond donors (Lipinski definition) is 2. The molecule has 0 unspecified atom stereocenters. The SMILES string of the molecule is Cc1cc(NC(=O)c2csc(C#CCCO)c2)no1. The summed E-state index contributed by atoms with van der Waals surface area (Å²) in [6.45, 7) is 1.79. The summed E-state index contributed by atoms with van der Waals surface area (Å²) in [6, 6.07) is 3.35. The van der Waals surface area contributed by atoms with Crippen molar-refractivity contribution < 1.29 is 14.4 Å². The summed E-state index contributed by atoms with van der Waals surface area (Å²) in [5.74, 6) is 6.47. The smallest absolute Gasteiger partial charge is 0.257 e. The van der Waals surface area contributed by atoms with Crippen LogP contribution in [0.15, 0.2) is 22.0 Å². The Morgan fingerprint density at radius 1 is 1.58 bits per heavy atom. The number of aromatic nitrogens is 1. The highest BCUT2D eigenvalue weighted by Gasteiger charge is 2.10. The molecule has 0 aromatic carbocycles. The lowest BCUT2D eigenvalue weighted by molar-refractivity contribution is 0.102. The third-order valence-corrected chi connectivity index (χ3v) is 3.03. The lowest BCUT2D eigenvalue weighted by Crippen LogP contribution is -2.10. The van der Waals surface area contributed by atoms with Crippen LogP contribution in [0.3, 0.4) is 0 Å². The average molecular weight is 276 g/mol. The molecule has 0 radical (unpaired) electrons. The van der Waals surface area contributed by atoms with Gasteiger partial charge in [-0.2, -0.15) is 0 Å². The quantitative estimate of drug-likeness (QED) is 0.841. The molecule has 98 valence electrons. The molecule has 2 N–H and O–H groups in total. The minimum absolute atomic E-state index is 0.0389. The fourth-order valence-corrected chi connectivity index (χ4v) is 2.10. The predicted molar refractivity (Wildman–Crippen MR) is 72.1 cm³/mol. The molecule has 2 heterocycles. The Bertz CT molecular complexity index is 634. The zero-order valence-electron chi connectivity index (χ0n) is 10.3. The van der Waals surface area contributed by atoms with Gasteiger partial charge in [0.25, 0.3) is 5.91 Å². The highest BCUT2D eigenvalue weighted by atomic mass is 32.1. The molecule has 0 fully saturated rings. The second-order valence-electron chi connectivity index (χ2n) is 3.75. The van der Waals surface area contributed by atoms with Crippen LogP contribution in [0.4, 0.5) is 5.82 Å². The van der Waals surface area contributed by atoms with Gasteiger partial charge in [0, 0.05) is 17.9 Å². The van der Waals surface area contributed by atoms with E-state index in [4.69, 9.17) is 9.63 Å². The zero-order chi connectivity index (χ0) is 13.7. The van der Waals surface area contributed by atoms with Crippen molar-refractivity contribution in [2.24, 2.45) is 0 Å². The Balaban J connectivity index is 2.02. The number of anilines is 1. The van der Waals surface area contributed by atoms with Crippen molar-refractivity contribution >= 4 is 23.1 Å². The van der Waals surface area contributed by atoms with Crippen LogP contribution >= 0.6 is 11.3 Å². The van der Waals surface area contributed by atoms with Crippen molar-refractivity contribution in [3.63, 3.8) is 0 Å². The molecule has 0 aliphatic carbocycles. The lowest BCUT2D eigenvalue weighted by atomic mass is 10.3. The number of carbonyl (C=O) groups excluding carboxylic acids is 1. The number of carbonyl (C=O) groups is 1. The molecular formula is C13H12N2O3S. The summed E-state index contributed by atoms with van der Waals surface area (Å²) < 4.78 is 4.86. The summed E-state index contributed by atoms with van der Waals surface area (Å²) in [7, 11) is 0. The molecule has 0 atom stereocenters. The van der Waals surface area contributed by atoms with E-state index in [0.29, 0.717) is 23.6 Å². The molecule has 1 amide bonds. The number of aliphatic hydroxyl groups excluding tert-OH is 1. The molecular weight excluding hydrogens is 264 g/mol. The highest BCUT2D eigenvalue weighted by molar-refractivity contribution is 7.10. The summed E-state index contributed by atoms with van der Waals surface area (Å²) in [6.07, 6.45) is 0.428. The van der Waals surface area contributed by atoms with Crippen molar-refractivity contribution in [1.82, 2.24) is 5.16 Å². The summed E-state index contributed by atoms with van der Waals surface area (Å²) in [5, 5.41) is 16.7. The van der Waals surface area contributed by atoms with Gasteiger partial charge in [0.2, 0.25) is 0 Å². The molecule has 2 aromatic rings. The van der Waals surface area contributed by atoms with E-state index in [9.17, 15) is 4.79 Å². The van der Waals surface area contributed by atoms with Crippen molar-refractivity contribution in [2.75, 3.05) is 11.9 Å². The second-order valence-corrected chi connectivity index (χ2v) is 4.66. The van der Waals surface area contributed by atoms with Gasteiger partial charge in [-0.25, -0.2) is 0 Å². The summed E-state index contributed by atoms with van der Waals surface area (Å²) in [4.78, 5) is 12.7. The van der Waals surface area contributed by atoms with Crippen molar-refractivity contribution in [3.8, 4) is 11.8 Å². The lowest BCUT2D eigenvalue weighted by Gasteiger charge is -1.96. The zero-order valence-corrected chi connectivity index (χ0v) is 11.1. The maximum atomic E-state index is 11.9. The molecule has 2 rings (SSSR count). The van der Waals surface area contributed by atoms with E-state index in [1.54, 1.807) is 24.4 Å². The first-order valence-corrected chi connectivity index (χ1v) is 6.50. The van der Waals surface area contributed by atoms with E-state index in [2.05, 4.69) is 22.3 Å². The molecule has 6 heteroatoms. The van der Waals surface area contributed by atoms with Crippen molar-refractivity contribution in [1.29, 1.82) is 0 Å². The van der Waals surface area contributed by atoms with Gasteiger partial charge in [-0.3, -0.25) is 4.79 Å². The van der Waals surface area contributed by atoms with Crippen LogP contribution in [-0.2, 0) is 0 Å². The maximum absolute atomic E-state index is 11.9. The number of aryl methyl sites for hydroxylation is 1. The minimum Gasteiger partial charge on any atom is -0.395 e. The number of hydrogen-bond acceptors (Lipinski definition) is 5. The molecule has 0 bridgehead atoms. The normalized spacial score (nSPS) is 9.79. The van der Waals surface area contributed by atoms with E-state index in [-0.39, 0.29) is 12.5 Å². The van der Waals surface area contributed by atoms with Gasteiger partial charge in [-0.1, -0.05) is 17.0 Å². The Hall–Kier alpha value is -2.10. The number of rotatable bonds is 3. The monoisotopic (exact) mass is 276 g/mol. The minimum atomic E-state index is -0.250. The van der Waals surface area contributed by atoms with Crippen molar-refractivity contribution in [2.45, 2.75) is 13.3 Å². The largest absolute Gasteiger partial charge is 0.395 e. The molecule has 0 saturated heterocycles. The highest BCUT2D eigenvalue weighted by Crippen LogP contribution is 2.15. The topological polar surface area (TPSA) is 75.4 Å². The fourth-order valence-electron chi connectivity index (χ4n) is 1.34. The third kappa shape index (κ3) is 3.68. The Morgan fingerprint density at radius 3 is 3.11 bits per heavy atom. The van der Waals surface area contributed by atoms with Crippen LogP contribution in [-0.4, -0.2) is 22.8 Å². The molecule has 0 aliphatic rings. The van der Waals surface area contributed by atoms with E-state index < -0.39 is 0 Å². The molecule has 0 aliphatic heterocycles. The summed E-state index contributed by atoms with van der Waals surface area (Å²) in [5.41, 5.74) is 0.527.